The first-order valence-corrected chi connectivity index (χ1v) is 7.47. The van der Waals surface area contributed by atoms with Crippen LogP contribution in [0.25, 0.3) is 0 Å². The summed E-state index contributed by atoms with van der Waals surface area (Å²) in [5.41, 5.74) is 2.09. The van der Waals surface area contributed by atoms with E-state index in [-0.39, 0.29) is 24.8 Å². The molecule has 0 aliphatic carbocycles. The van der Waals surface area contributed by atoms with Crippen molar-refractivity contribution in [2.45, 2.75) is 39.2 Å². The van der Waals surface area contributed by atoms with Crippen molar-refractivity contribution in [1.82, 2.24) is 10.2 Å². The molecular formula is C16H28Cl2N2O. The molecule has 2 rings (SSSR count). The van der Waals surface area contributed by atoms with Gasteiger partial charge in [-0.15, -0.1) is 24.8 Å². The Morgan fingerprint density at radius 1 is 1.24 bits per heavy atom. The smallest absolute Gasteiger partial charge is 0.123 e. The van der Waals surface area contributed by atoms with Crippen LogP contribution in [0.4, 0.5) is 0 Å². The second-order valence-electron chi connectivity index (χ2n) is 5.46. The average Bonchev–Trinajstić information content (AvgIpc) is 2.45. The molecule has 5 heteroatoms. The molecule has 0 spiro atoms. The van der Waals surface area contributed by atoms with Gasteiger partial charge < -0.3 is 10.4 Å². The average molecular weight is 335 g/mol. The molecule has 1 fully saturated rings. The number of nitrogens with one attached hydrogen (secondary N) is 1. The number of rotatable bonds is 5. The second kappa shape index (κ2) is 10.3. The number of hydrogen-bond acceptors (Lipinski definition) is 3. The number of hydrogen-bond donors (Lipinski definition) is 2. The SMILES string of the molecule is CCCC[C@@H](c1cccc(C)c1O)N1CCNCC1.Cl.Cl. The van der Waals surface area contributed by atoms with Crippen LogP contribution in [0.5, 0.6) is 5.75 Å². The summed E-state index contributed by atoms with van der Waals surface area (Å²) in [6.45, 7) is 8.45. The van der Waals surface area contributed by atoms with Crippen LogP contribution in [-0.2, 0) is 0 Å². The summed E-state index contributed by atoms with van der Waals surface area (Å²) < 4.78 is 0. The highest BCUT2D eigenvalue weighted by atomic mass is 35.5. The monoisotopic (exact) mass is 334 g/mol. The van der Waals surface area contributed by atoms with Gasteiger partial charge in [0.15, 0.2) is 0 Å². The Balaban J connectivity index is 0.00000200. The maximum atomic E-state index is 10.4. The van der Waals surface area contributed by atoms with Crippen molar-refractivity contribution in [1.29, 1.82) is 0 Å². The topological polar surface area (TPSA) is 35.5 Å². The van der Waals surface area contributed by atoms with Gasteiger partial charge in [-0.25, -0.2) is 0 Å². The maximum absolute atomic E-state index is 10.4. The molecule has 1 aliphatic heterocycles. The number of nitrogens with zero attached hydrogens (tertiary/aromatic N) is 1. The minimum absolute atomic E-state index is 0. The van der Waals surface area contributed by atoms with Crippen LogP contribution in [0.1, 0.15) is 43.4 Å². The van der Waals surface area contributed by atoms with Crippen molar-refractivity contribution in [3.63, 3.8) is 0 Å². The van der Waals surface area contributed by atoms with E-state index < -0.39 is 0 Å². The fourth-order valence-electron chi connectivity index (χ4n) is 2.88. The molecule has 0 aromatic heterocycles. The van der Waals surface area contributed by atoms with E-state index in [2.05, 4.69) is 29.3 Å². The van der Waals surface area contributed by atoms with Gasteiger partial charge in [-0.3, -0.25) is 4.90 Å². The lowest BCUT2D eigenvalue weighted by atomic mass is 9.96. The van der Waals surface area contributed by atoms with Gasteiger partial charge in [0, 0.05) is 37.8 Å². The van der Waals surface area contributed by atoms with Gasteiger partial charge in [-0.1, -0.05) is 38.0 Å². The fourth-order valence-corrected chi connectivity index (χ4v) is 2.88. The van der Waals surface area contributed by atoms with Gasteiger partial charge in [0.2, 0.25) is 0 Å². The number of para-hydroxylation sites is 1. The quantitative estimate of drug-likeness (QED) is 0.862. The van der Waals surface area contributed by atoms with E-state index in [1.165, 1.54) is 12.8 Å². The summed E-state index contributed by atoms with van der Waals surface area (Å²) in [4.78, 5) is 2.51. The third-order valence-electron chi connectivity index (χ3n) is 4.05. The number of phenolic OH excluding ortho intramolecular Hbond substituents is 1. The van der Waals surface area contributed by atoms with Gasteiger partial charge >= 0.3 is 0 Å². The lowest BCUT2D eigenvalue weighted by Crippen LogP contribution is -2.45. The molecule has 0 radical (unpaired) electrons. The van der Waals surface area contributed by atoms with Crippen LogP contribution in [0.15, 0.2) is 18.2 Å². The van der Waals surface area contributed by atoms with Crippen molar-refractivity contribution < 1.29 is 5.11 Å². The number of piperazine rings is 1. The van der Waals surface area contributed by atoms with E-state index in [1.807, 2.05) is 13.0 Å². The number of aromatic hydroxyl groups is 1. The molecule has 1 heterocycles. The molecule has 1 saturated heterocycles. The second-order valence-corrected chi connectivity index (χ2v) is 5.46. The van der Waals surface area contributed by atoms with Crippen LogP contribution >= 0.6 is 24.8 Å². The molecule has 1 atom stereocenters. The van der Waals surface area contributed by atoms with Crippen LogP contribution in [0.3, 0.4) is 0 Å². The third-order valence-corrected chi connectivity index (χ3v) is 4.05. The Bertz CT molecular complexity index is 409. The van der Waals surface area contributed by atoms with Crippen LogP contribution in [-0.4, -0.2) is 36.2 Å². The number of benzene rings is 1. The number of phenols is 1. The summed E-state index contributed by atoms with van der Waals surface area (Å²) in [5.74, 6) is 0.488. The van der Waals surface area contributed by atoms with Crippen LogP contribution in [0, 0.1) is 6.92 Å². The third kappa shape index (κ3) is 5.33. The fraction of sp³-hybridized carbons (Fsp3) is 0.625. The normalized spacial score (nSPS) is 16.7. The van der Waals surface area contributed by atoms with E-state index >= 15 is 0 Å². The summed E-state index contributed by atoms with van der Waals surface area (Å²) in [6.07, 6.45) is 3.55. The minimum atomic E-state index is 0. The minimum Gasteiger partial charge on any atom is -0.507 e. The standard InChI is InChI=1S/C16H26N2O.2ClH/c1-3-4-8-15(18-11-9-17-10-12-18)14-7-5-6-13(2)16(14)19;;/h5-7,15,17,19H,3-4,8-12H2,1-2H3;2*1H/t15-;;/m0../s1. The summed E-state index contributed by atoms with van der Waals surface area (Å²) in [5, 5.41) is 13.8. The van der Waals surface area contributed by atoms with Gasteiger partial charge in [0.05, 0.1) is 0 Å². The Labute approximate surface area is 140 Å². The lowest BCUT2D eigenvalue weighted by molar-refractivity contribution is 0.160. The number of unbranched alkanes of at least 4 members (excludes halogenated alkanes) is 1. The first-order chi connectivity index (χ1) is 9.24. The molecule has 1 aromatic rings. The molecule has 1 aromatic carbocycles. The molecule has 21 heavy (non-hydrogen) atoms. The largest absolute Gasteiger partial charge is 0.507 e. The van der Waals surface area contributed by atoms with Gasteiger partial charge in [0.1, 0.15) is 5.75 Å². The van der Waals surface area contributed by atoms with E-state index in [0.717, 1.165) is 43.7 Å². The zero-order valence-corrected chi connectivity index (χ0v) is 14.6. The highest BCUT2D eigenvalue weighted by Crippen LogP contribution is 2.34. The molecule has 122 valence electrons. The Hall–Kier alpha value is -0.480. The molecule has 0 unspecified atom stereocenters. The molecule has 3 nitrogen and oxygen atoms in total. The van der Waals surface area contributed by atoms with Crippen LogP contribution in [0.2, 0.25) is 0 Å². The van der Waals surface area contributed by atoms with Crippen molar-refractivity contribution in [3.05, 3.63) is 29.3 Å². The molecule has 0 saturated carbocycles. The number of halogens is 2. The molecule has 2 N–H and O–H groups in total. The molecule has 0 bridgehead atoms. The predicted molar refractivity (Wildman–Crippen MR) is 94.0 cm³/mol. The molecular weight excluding hydrogens is 307 g/mol. The first-order valence-electron chi connectivity index (χ1n) is 7.47. The number of aryl methyl sites for hydroxylation is 1. The zero-order chi connectivity index (χ0) is 13.7. The Morgan fingerprint density at radius 2 is 1.90 bits per heavy atom. The highest BCUT2D eigenvalue weighted by Gasteiger charge is 2.24. The zero-order valence-electron chi connectivity index (χ0n) is 13.0. The van der Waals surface area contributed by atoms with Crippen molar-refractivity contribution in [2.24, 2.45) is 0 Å². The Morgan fingerprint density at radius 3 is 2.52 bits per heavy atom. The van der Waals surface area contributed by atoms with E-state index in [0.29, 0.717) is 11.8 Å². The highest BCUT2D eigenvalue weighted by molar-refractivity contribution is 5.85. The van der Waals surface area contributed by atoms with Crippen molar-refractivity contribution in [3.8, 4) is 5.75 Å². The lowest BCUT2D eigenvalue weighted by Gasteiger charge is -2.35. The Kier molecular flexibility index (Phi) is 10.0. The molecule has 0 amide bonds. The van der Waals surface area contributed by atoms with E-state index in [9.17, 15) is 5.11 Å². The summed E-state index contributed by atoms with van der Waals surface area (Å²) in [7, 11) is 0. The van der Waals surface area contributed by atoms with Gasteiger partial charge in [-0.05, 0) is 18.9 Å². The maximum Gasteiger partial charge on any atom is 0.123 e. The predicted octanol–water partition coefficient (Wildman–Crippen LogP) is 3.68. The summed E-state index contributed by atoms with van der Waals surface area (Å²) >= 11 is 0. The van der Waals surface area contributed by atoms with Gasteiger partial charge in [-0.2, -0.15) is 0 Å². The van der Waals surface area contributed by atoms with E-state index in [4.69, 9.17) is 0 Å². The van der Waals surface area contributed by atoms with Crippen LogP contribution < -0.4 is 5.32 Å². The van der Waals surface area contributed by atoms with Crippen molar-refractivity contribution >= 4 is 24.8 Å². The molecule has 1 aliphatic rings. The first kappa shape index (κ1) is 20.5. The van der Waals surface area contributed by atoms with Gasteiger partial charge in [0.25, 0.3) is 0 Å². The van der Waals surface area contributed by atoms with Crippen molar-refractivity contribution in [2.75, 3.05) is 26.2 Å². The summed E-state index contributed by atoms with van der Waals surface area (Å²) in [6, 6.07) is 6.49. The van der Waals surface area contributed by atoms with E-state index in [1.54, 1.807) is 0 Å².